The Balaban J connectivity index is 2.12. The minimum Gasteiger partial charge on any atom is -0.478 e. The van der Waals surface area contributed by atoms with Crippen LogP contribution in [0.25, 0.3) is 0 Å². The predicted octanol–water partition coefficient (Wildman–Crippen LogP) is 2.02. The molecule has 0 spiro atoms. The number of aliphatic hydroxyl groups excluding tert-OH is 1. The highest BCUT2D eigenvalue weighted by Crippen LogP contribution is 2.17. The number of benzene rings is 1. The van der Waals surface area contributed by atoms with Crippen LogP contribution in [0.3, 0.4) is 0 Å². The molecule has 0 aliphatic heterocycles. The van der Waals surface area contributed by atoms with Crippen LogP contribution in [-0.4, -0.2) is 28.3 Å². The van der Waals surface area contributed by atoms with Gasteiger partial charge < -0.3 is 15.2 Å². The molecule has 1 aromatic heterocycles. The number of anilines is 1. The molecule has 0 saturated heterocycles. The Kier molecular flexibility index (Phi) is 4.69. The lowest BCUT2D eigenvalue weighted by atomic mass is 10.1. The Morgan fingerprint density at radius 2 is 2.05 bits per heavy atom. The number of aromatic nitrogens is 2. The van der Waals surface area contributed by atoms with E-state index in [4.69, 9.17) is 4.74 Å². The second-order valence-electron chi connectivity index (χ2n) is 3.94. The monoisotopic (exact) mass is 259 g/mol. The van der Waals surface area contributed by atoms with Gasteiger partial charge in [-0.25, -0.2) is 4.98 Å². The zero-order chi connectivity index (χ0) is 13.5. The highest BCUT2D eigenvalue weighted by Gasteiger charge is 2.11. The molecule has 2 N–H and O–H groups in total. The number of ether oxygens (including phenoxy) is 1. The van der Waals surface area contributed by atoms with Crippen molar-refractivity contribution in [3.63, 3.8) is 0 Å². The second kappa shape index (κ2) is 6.70. The third-order valence-corrected chi connectivity index (χ3v) is 2.61. The van der Waals surface area contributed by atoms with Crippen molar-refractivity contribution in [3.05, 3.63) is 48.2 Å². The zero-order valence-electron chi connectivity index (χ0n) is 10.8. The largest absolute Gasteiger partial charge is 0.478 e. The first-order chi connectivity index (χ1) is 9.33. The van der Waals surface area contributed by atoms with E-state index in [1.807, 2.05) is 37.3 Å². The molecule has 0 fully saturated rings. The lowest BCUT2D eigenvalue weighted by Gasteiger charge is -2.16. The number of hydrogen-bond donors (Lipinski definition) is 2. The van der Waals surface area contributed by atoms with Crippen LogP contribution in [0.4, 0.5) is 5.95 Å². The molecule has 0 radical (unpaired) electrons. The van der Waals surface area contributed by atoms with Crippen molar-refractivity contribution in [2.75, 3.05) is 18.5 Å². The van der Waals surface area contributed by atoms with Gasteiger partial charge in [0.25, 0.3) is 0 Å². The minimum absolute atomic E-state index is 0.0355. The van der Waals surface area contributed by atoms with Crippen molar-refractivity contribution in [2.45, 2.75) is 13.0 Å². The third-order valence-electron chi connectivity index (χ3n) is 2.61. The molecule has 1 heterocycles. The Hall–Kier alpha value is -2.14. The summed E-state index contributed by atoms with van der Waals surface area (Å²) >= 11 is 0. The SMILES string of the molecule is CCOc1ccnc(N[C@@H](CO)c2ccccc2)n1. The zero-order valence-corrected chi connectivity index (χ0v) is 10.8. The molecule has 0 bridgehead atoms. The van der Waals surface area contributed by atoms with Gasteiger partial charge in [-0.1, -0.05) is 30.3 Å². The molecule has 5 heteroatoms. The molecule has 0 unspecified atom stereocenters. The van der Waals surface area contributed by atoms with E-state index in [0.717, 1.165) is 5.56 Å². The third kappa shape index (κ3) is 3.66. The number of nitrogens with zero attached hydrogens (tertiary/aromatic N) is 2. The maximum atomic E-state index is 9.46. The average molecular weight is 259 g/mol. The first-order valence-electron chi connectivity index (χ1n) is 6.21. The molecule has 1 atom stereocenters. The average Bonchev–Trinajstić information content (AvgIpc) is 2.46. The Labute approximate surface area is 112 Å². The number of aliphatic hydroxyl groups is 1. The molecule has 19 heavy (non-hydrogen) atoms. The summed E-state index contributed by atoms with van der Waals surface area (Å²) in [5, 5.41) is 12.6. The van der Waals surface area contributed by atoms with Crippen LogP contribution in [0.15, 0.2) is 42.6 Å². The van der Waals surface area contributed by atoms with Crippen LogP contribution in [0.1, 0.15) is 18.5 Å². The van der Waals surface area contributed by atoms with Gasteiger partial charge in [-0.3, -0.25) is 0 Å². The van der Waals surface area contributed by atoms with Crippen LogP contribution in [0.5, 0.6) is 5.88 Å². The summed E-state index contributed by atoms with van der Waals surface area (Å²) in [7, 11) is 0. The molecular formula is C14H17N3O2. The van der Waals surface area contributed by atoms with Gasteiger partial charge in [-0.2, -0.15) is 4.98 Å². The van der Waals surface area contributed by atoms with Crippen molar-refractivity contribution in [3.8, 4) is 5.88 Å². The van der Waals surface area contributed by atoms with E-state index < -0.39 is 0 Å². The van der Waals surface area contributed by atoms with Crippen LogP contribution in [-0.2, 0) is 0 Å². The van der Waals surface area contributed by atoms with Gasteiger partial charge in [0.2, 0.25) is 11.8 Å². The molecule has 0 amide bonds. The van der Waals surface area contributed by atoms with Gasteiger partial charge in [0.1, 0.15) is 0 Å². The highest BCUT2D eigenvalue weighted by molar-refractivity contribution is 5.33. The standard InChI is InChI=1S/C14H17N3O2/c1-2-19-13-8-9-15-14(17-13)16-12(10-18)11-6-4-3-5-7-11/h3-9,12,18H,2,10H2,1H3,(H,15,16,17)/t12-/m0/s1. The van der Waals surface area contributed by atoms with Crippen LogP contribution < -0.4 is 10.1 Å². The summed E-state index contributed by atoms with van der Waals surface area (Å²) in [5.74, 6) is 0.957. The summed E-state index contributed by atoms with van der Waals surface area (Å²) in [6, 6.07) is 11.1. The molecule has 0 aliphatic rings. The first kappa shape index (κ1) is 13.3. The fourth-order valence-electron chi connectivity index (χ4n) is 1.72. The quantitative estimate of drug-likeness (QED) is 0.830. The molecule has 5 nitrogen and oxygen atoms in total. The fourth-order valence-corrected chi connectivity index (χ4v) is 1.72. The Morgan fingerprint density at radius 3 is 2.74 bits per heavy atom. The second-order valence-corrected chi connectivity index (χ2v) is 3.94. The highest BCUT2D eigenvalue weighted by atomic mass is 16.5. The van der Waals surface area contributed by atoms with E-state index in [2.05, 4.69) is 15.3 Å². The van der Waals surface area contributed by atoms with Crippen LogP contribution in [0.2, 0.25) is 0 Å². The van der Waals surface area contributed by atoms with E-state index in [0.29, 0.717) is 18.4 Å². The lowest BCUT2D eigenvalue weighted by molar-refractivity contribution is 0.275. The molecule has 0 aliphatic carbocycles. The first-order valence-corrected chi connectivity index (χ1v) is 6.21. The molecular weight excluding hydrogens is 242 g/mol. The summed E-state index contributed by atoms with van der Waals surface area (Å²) in [6.45, 7) is 2.42. The molecule has 2 rings (SSSR count). The molecule has 100 valence electrons. The maximum absolute atomic E-state index is 9.46. The van der Waals surface area contributed by atoms with Crippen molar-refractivity contribution in [1.82, 2.24) is 9.97 Å². The van der Waals surface area contributed by atoms with E-state index in [1.54, 1.807) is 12.3 Å². The Morgan fingerprint density at radius 1 is 1.26 bits per heavy atom. The predicted molar refractivity (Wildman–Crippen MR) is 73.1 cm³/mol. The van der Waals surface area contributed by atoms with Crippen molar-refractivity contribution in [1.29, 1.82) is 0 Å². The number of hydrogen-bond acceptors (Lipinski definition) is 5. The number of nitrogens with one attached hydrogen (secondary N) is 1. The smallest absolute Gasteiger partial charge is 0.226 e. The lowest BCUT2D eigenvalue weighted by Crippen LogP contribution is -2.16. The van der Waals surface area contributed by atoms with E-state index in [9.17, 15) is 5.11 Å². The topological polar surface area (TPSA) is 67.3 Å². The van der Waals surface area contributed by atoms with E-state index >= 15 is 0 Å². The van der Waals surface area contributed by atoms with Crippen LogP contribution >= 0.6 is 0 Å². The van der Waals surface area contributed by atoms with Gasteiger partial charge >= 0.3 is 0 Å². The van der Waals surface area contributed by atoms with E-state index in [-0.39, 0.29) is 12.6 Å². The summed E-state index contributed by atoms with van der Waals surface area (Å²) in [4.78, 5) is 8.34. The van der Waals surface area contributed by atoms with Gasteiger partial charge in [0.15, 0.2) is 0 Å². The van der Waals surface area contributed by atoms with Crippen molar-refractivity contribution < 1.29 is 9.84 Å². The summed E-state index contributed by atoms with van der Waals surface area (Å²) in [5.41, 5.74) is 0.982. The normalized spacial score (nSPS) is 11.9. The molecule has 0 saturated carbocycles. The van der Waals surface area contributed by atoms with Gasteiger partial charge in [-0.05, 0) is 12.5 Å². The fraction of sp³-hybridized carbons (Fsp3) is 0.286. The summed E-state index contributed by atoms with van der Waals surface area (Å²) < 4.78 is 5.31. The van der Waals surface area contributed by atoms with Crippen molar-refractivity contribution >= 4 is 5.95 Å². The molecule has 2 aromatic rings. The van der Waals surface area contributed by atoms with Gasteiger partial charge in [0.05, 0.1) is 19.3 Å². The van der Waals surface area contributed by atoms with Crippen LogP contribution in [0, 0.1) is 0 Å². The van der Waals surface area contributed by atoms with Crippen molar-refractivity contribution in [2.24, 2.45) is 0 Å². The van der Waals surface area contributed by atoms with E-state index in [1.165, 1.54) is 0 Å². The van der Waals surface area contributed by atoms with Gasteiger partial charge in [-0.15, -0.1) is 0 Å². The summed E-state index contributed by atoms with van der Waals surface area (Å²) in [6.07, 6.45) is 1.62. The Bertz CT molecular complexity index is 505. The maximum Gasteiger partial charge on any atom is 0.226 e. The number of rotatable bonds is 6. The molecule has 1 aromatic carbocycles. The van der Waals surface area contributed by atoms with Gasteiger partial charge in [0, 0.05) is 12.3 Å². The minimum atomic E-state index is -0.238.